The quantitative estimate of drug-likeness (QED) is 0.373. The van der Waals surface area contributed by atoms with Gasteiger partial charge in [0.1, 0.15) is 29.6 Å². The highest BCUT2D eigenvalue weighted by atomic mass is 32.2. The van der Waals surface area contributed by atoms with Gasteiger partial charge in [0.25, 0.3) is 5.91 Å². The number of carboxylic acid groups (broad SMARTS) is 1. The Kier molecular flexibility index (Phi) is 9.19. The number of hydrogen-bond donors (Lipinski definition) is 1. The van der Waals surface area contributed by atoms with Crippen LogP contribution in [0.25, 0.3) is 11.1 Å². The predicted molar refractivity (Wildman–Crippen MR) is 132 cm³/mol. The van der Waals surface area contributed by atoms with Gasteiger partial charge in [-0.1, -0.05) is 12.1 Å². The molecule has 0 spiro atoms. The second-order valence-electron chi connectivity index (χ2n) is 7.83. The van der Waals surface area contributed by atoms with Crippen LogP contribution in [0.15, 0.2) is 46.7 Å². The van der Waals surface area contributed by atoms with Crippen LogP contribution in [0.1, 0.15) is 15.5 Å². The number of likely N-dealkylation sites (N-methyl/N-ethyl adjacent to an activating group) is 1. The SMILES string of the molecule is CSc1cc(F)c(F)cc1-c1ccc(OCc2nc(C(=O)N(CCN(C)C)CC(=O)O)cs2)cc1. The molecule has 0 saturated carbocycles. The molecule has 3 rings (SSSR count). The number of aromatic nitrogens is 1. The van der Waals surface area contributed by atoms with Crippen molar-refractivity contribution in [3.05, 3.63) is 64.1 Å². The number of aliphatic carboxylic acids is 1. The number of carbonyl (C=O) groups excluding carboxylic acids is 1. The fraction of sp³-hybridized carbons (Fsp3) is 0.292. The topological polar surface area (TPSA) is 83.0 Å². The van der Waals surface area contributed by atoms with Crippen LogP contribution in [0, 0.1) is 11.6 Å². The van der Waals surface area contributed by atoms with Crippen molar-refractivity contribution in [3.8, 4) is 16.9 Å². The van der Waals surface area contributed by atoms with Crippen LogP contribution in [-0.2, 0) is 11.4 Å². The molecule has 1 amide bonds. The zero-order valence-electron chi connectivity index (χ0n) is 19.5. The number of hydrogen-bond acceptors (Lipinski definition) is 7. The first-order valence-corrected chi connectivity index (χ1v) is 12.6. The molecule has 7 nitrogen and oxygen atoms in total. The molecule has 0 fully saturated rings. The Bertz CT molecular complexity index is 1190. The number of thiazole rings is 1. The maximum absolute atomic E-state index is 13.7. The minimum absolute atomic E-state index is 0.120. The van der Waals surface area contributed by atoms with Gasteiger partial charge in [-0.05, 0) is 55.7 Å². The minimum Gasteiger partial charge on any atom is -0.486 e. The smallest absolute Gasteiger partial charge is 0.323 e. The molecule has 2 aromatic carbocycles. The van der Waals surface area contributed by atoms with E-state index in [1.807, 2.05) is 19.0 Å². The van der Waals surface area contributed by atoms with Gasteiger partial charge in [-0.25, -0.2) is 13.8 Å². The zero-order chi connectivity index (χ0) is 25.5. The van der Waals surface area contributed by atoms with E-state index in [0.717, 1.165) is 5.56 Å². The van der Waals surface area contributed by atoms with Crippen molar-refractivity contribution in [2.75, 3.05) is 40.0 Å². The summed E-state index contributed by atoms with van der Waals surface area (Å²) >= 11 is 2.57. The van der Waals surface area contributed by atoms with E-state index < -0.39 is 30.1 Å². The normalized spacial score (nSPS) is 11.0. The van der Waals surface area contributed by atoms with Crippen LogP contribution < -0.4 is 4.74 Å². The molecule has 0 aliphatic carbocycles. The number of benzene rings is 2. The molecule has 35 heavy (non-hydrogen) atoms. The van der Waals surface area contributed by atoms with Crippen molar-refractivity contribution in [2.24, 2.45) is 0 Å². The number of rotatable bonds is 11. The fourth-order valence-electron chi connectivity index (χ4n) is 3.17. The van der Waals surface area contributed by atoms with Crippen molar-refractivity contribution in [3.63, 3.8) is 0 Å². The van der Waals surface area contributed by atoms with Crippen LogP contribution in [0.2, 0.25) is 0 Å². The van der Waals surface area contributed by atoms with Gasteiger partial charge < -0.3 is 19.6 Å². The Balaban J connectivity index is 1.65. The van der Waals surface area contributed by atoms with Gasteiger partial charge in [0.05, 0.1) is 0 Å². The van der Waals surface area contributed by atoms with Gasteiger partial charge in [0.15, 0.2) is 11.6 Å². The maximum atomic E-state index is 13.7. The molecule has 0 bridgehead atoms. The summed E-state index contributed by atoms with van der Waals surface area (Å²) in [6, 6.07) is 9.31. The van der Waals surface area contributed by atoms with E-state index in [1.165, 1.54) is 40.1 Å². The highest BCUT2D eigenvalue weighted by Crippen LogP contribution is 2.33. The summed E-state index contributed by atoms with van der Waals surface area (Å²) in [5.41, 5.74) is 1.48. The molecule has 0 saturated heterocycles. The average molecular weight is 522 g/mol. The number of halogens is 2. The van der Waals surface area contributed by atoms with Crippen LogP contribution in [0.5, 0.6) is 5.75 Å². The molecule has 0 aliphatic heterocycles. The van der Waals surface area contributed by atoms with Crippen LogP contribution in [0.3, 0.4) is 0 Å². The standard InChI is InChI=1S/C24H25F2N3O4S2/c1-28(2)8-9-29(12-23(30)31)24(32)20-14-35-22(27-20)13-33-16-6-4-15(5-7-16)17-10-18(25)19(26)11-21(17)34-3/h4-7,10-11,14H,8-9,12-13H2,1-3H3,(H,30,31). The summed E-state index contributed by atoms with van der Waals surface area (Å²) < 4.78 is 33.1. The van der Waals surface area contributed by atoms with Crippen molar-refractivity contribution in [1.82, 2.24) is 14.8 Å². The molecule has 1 aromatic heterocycles. The molecule has 11 heteroatoms. The highest BCUT2D eigenvalue weighted by molar-refractivity contribution is 7.98. The number of carbonyl (C=O) groups is 2. The fourth-order valence-corrected chi connectivity index (χ4v) is 4.47. The van der Waals surface area contributed by atoms with Crippen molar-refractivity contribution in [1.29, 1.82) is 0 Å². The number of ether oxygens (including phenoxy) is 1. The summed E-state index contributed by atoms with van der Waals surface area (Å²) in [5.74, 6) is -2.78. The molecule has 1 N–H and O–H groups in total. The largest absolute Gasteiger partial charge is 0.486 e. The van der Waals surface area contributed by atoms with E-state index in [9.17, 15) is 18.4 Å². The maximum Gasteiger partial charge on any atom is 0.323 e. The molecule has 3 aromatic rings. The Morgan fingerprint density at radius 3 is 2.43 bits per heavy atom. The van der Waals surface area contributed by atoms with E-state index in [1.54, 1.807) is 35.9 Å². The monoisotopic (exact) mass is 521 g/mol. The number of nitrogens with zero attached hydrogens (tertiary/aromatic N) is 3. The van der Waals surface area contributed by atoms with Crippen molar-refractivity contribution >= 4 is 35.0 Å². The van der Waals surface area contributed by atoms with Gasteiger partial charge in [-0.2, -0.15) is 0 Å². The molecular weight excluding hydrogens is 496 g/mol. The number of amides is 1. The van der Waals surface area contributed by atoms with Gasteiger partial charge in [-0.3, -0.25) is 9.59 Å². The Labute approximate surface area is 210 Å². The second-order valence-corrected chi connectivity index (χ2v) is 9.62. The van der Waals surface area contributed by atoms with Crippen molar-refractivity contribution in [2.45, 2.75) is 11.5 Å². The van der Waals surface area contributed by atoms with Crippen LogP contribution >= 0.6 is 23.1 Å². The summed E-state index contributed by atoms with van der Waals surface area (Å²) in [7, 11) is 3.68. The third-order valence-electron chi connectivity index (χ3n) is 4.97. The lowest BCUT2D eigenvalue weighted by Gasteiger charge is -2.21. The molecule has 186 valence electrons. The van der Waals surface area contributed by atoms with E-state index in [-0.39, 0.29) is 18.8 Å². The Morgan fingerprint density at radius 1 is 1.11 bits per heavy atom. The molecule has 0 atom stereocenters. The summed E-state index contributed by atoms with van der Waals surface area (Å²) in [4.78, 5) is 31.9. The van der Waals surface area contributed by atoms with E-state index in [0.29, 0.717) is 27.8 Å². The number of thioether (sulfide) groups is 1. The highest BCUT2D eigenvalue weighted by Gasteiger charge is 2.21. The van der Waals surface area contributed by atoms with Gasteiger partial charge >= 0.3 is 5.97 Å². The first-order chi connectivity index (χ1) is 16.7. The molecule has 0 aliphatic rings. The van der Waals surface area contributed by atoms with E-state index in [2.05, 4.69) is 4.98 Å². The second kappa shape index (κ2) is 12.1. The van der Waals surface area contributed by atoms with Crippen molar-refractivity contribution < 1.29 is 28.2 Å². The first-order valence-electron chi connectivity index (χ1n) is 10.5. The summed E-state index contributed by atoms with van der Waals surface area (Å²) in [5, 5.41) is 11.3. The zero-order valence-corrected chi connectivity index (χ0v) is 21.1. The van der Waals surface area contributed by atoms with Gasteiger partial charge in [-0.15, -0.1) is 23.1 Å². The predicted octanol–water partition coefficient (Wildman–Crippen LogP) is 4.48. The van der Waals surface area contributed by atoms with Crippen LogP contribution in [0.4, 0.5) is 8.78 Å². The third kappa shape index (κ3) is 7.23. The summed E-state index contributed by atoms with van der Waals surface area (Å²) in [6.45, 7) is 0.510. The average Bonchev–Trinajstić information content (AvgIpc) is 3.30. The lowest BCUT2D eigenvalue weighted by Crippen LogP contribution is -2.40. The lowest BCUT2D eigenvalue weighted by atomic mass is 10.1. The molecule has 0 radical (unpaired) electrons. The van der Waals surface area contributed by atoms with E-state index in [4.69, 9.17) is 9.84 Å². The van der Waals surface area contributed by atoms with Gasteiger partial charge in [0.2, 0.25) is 0 Å². The molecular formula is C24H25F2N3O4S2. The minimum atomic E-state index is -1.09. The summed E-state index contributed by atoms with van der Waals surface area (Å²) in [6.07, 6.45) is 1.80. The molecule has 1 heterocycles. The lowest BCUT2D eigenvalue weighted by molar-refractivity contribution is -0.137. The Hall–Kier alpha value is -3.02. The first kappa shape index (κ1) is 26.6. The van der Waals surface area contributed by atoms with E-state index >= 15 is 0 Å². The van der Waals surface area contributed by atoms with Gasteiger partial charge in [0, 0.05) is 23.4 Å². The molecule has 0 unspecified atom stereocenters. The third-order valence-corrected chi connectivity index (χ3v) is 6.57. The van der Waals surface area contributed by atoms with Crippen LogP contribution in [-0.4, -0.2) is 71.8 Å². The number of carboxylic acids is 1. The Morgan fingerprint density at radius 2 is 1.80 bits per heavy atom.